The molecule has 2 N–H and O–H groups in total. The van der Waals surface area contributed by atoms with Gasteiger partial charge in [0.05, 0.1) is 6.54 Å². The first kappa shape index (κ1) is 23.4. The van der Waals surface area contributed by atoms with Crippen molar-refractivity contribution >= 4 is 11.9 Å². The summed E-state index contributed by atoms with van der Waals surface area (Å²) in [6.45, 7) is 2.75. The fourth-order valence-electron chi connectivity index (χ4n) is 4.29. The van der Waals surface area contributed by atoms with Gasteiger partial charge in [-0.15, -0.1) is 0 Å². The summed E-state index contributed by atoms with van der Waals surface area (Å²) in [7, 11) is 1.67. The molecule has 0 radical (unpaired) electrons. The predicted molar refractivity (Wildman–Crippen MR) is 115 cm³/mol. The molecule has 1 aromatic carbocycles. The maximum atomic E-state index is 12.5. The number of halogens is 3. The van der Waals surface area contributed by atoms with E-state index in [1.165, 1.54) is 10.5 Å². The lowest BCUT2D eigenvalue weighted by Crippen LogP contribution is -2.42. The quantitative estimate of drug-likeness (QED) is 0.481. The molecule has 0 bridgehead atoms. The van der Waals surface area contributed by atoms with Crippen LogP contribution in [0.5, 0.6) is 0 Å². The first-order valence-corrected chi connectivity index (χ1v) is 10.9. The van der Waals surface area contributed by atoms with Crippen LogP contribution >= 0.6 is 0 Å². The third-order valence-electron chi connectivity index (χ3n) is 5.92. The molecule has 6 nitrogen and oxygen atoms in total. The largest absolute Gasteiger partial charge is 0.401 e. The zero-order chi connectivity index (χ0) is 22.3. The second-order valence-corrected chi connectivity index (χ2v) is 8.48. The molecule has 0 aromatic heterocycles. The van der Waals surface area contributed by atoms with E-state index in [1.54, 1.807) is 7.05 Å². The van der Waals surface area contributed by atoms with Crippen molar-refractivity contribution in [2.45, 2.75) is 25.4 Å². The lowest BCUT2D eigenvalue weighted by Gasteiger charge is -2.20. The van der Waals surface area contributed by atoms with Crippen molar-refractivity contribution in [3.63, 3.8) is 0 Å². The van der Waals surface area contributed by atoms with E-state index in [9.17, 15) is 18.0 Å². The van der Waals surface area contributed by atoms with Crippen molar-refractivity contribution in [1.82, 2.24) is 20.4 Å². The lowest BCUT2D eigenvalue weighted by atomic mass is 10.1. The molecule has 1 aromatic rings. The van der Waals surface area contributed by atoms with Gasteiger partial charge in [0.25, 0.3) is 0 Å². The maximum absolute atomic E-state index is 12.5. The molecule has 2 saturated heterocycles. The Labute approximate surface area is 181 Å². The number of nitrogens with one attached hydrogen (secondary N) is 2. The van der Waals surface area contributed by atoms with Crippen LogP contribution in [0.4, 0.5) is 13.2 Å². The number of benzene rings is 1. The summed E-state index contributed by atoms with van der Waals surface area (Å²) in [6, 6.07) is 10.1. The minimum absolute atomic E-state index is 0.169. The van der Waals surface area contributed by atoms with Crippen molar-refractivity contribution in [3.05, 3.63) is 35.9 Å². The highest BCUT2D eigenvalue weighted by molar-refractivity contribution is 5.80. The Balaban J connectivity index is 1.35. The zero-order valence-electron chi connectivity index (χ0n) is 18.0. The Morgan fingerprint density at radius 3 is 2.52 bits per heavy atom. The number of carbonyl (C=O) groups is 1. The molecule has 3 rings (SSSR count). The first-order chi connectivity index (χ1) is 14.8. The van der Waals surface area contributed by atoms with Gasteiger partial charge in [0, 0.05) is 52.1 Å². The SMILES string of the molecule is CN=C(NCC1CCN(CC(F)(F)F)C1)NCC1CC(=O)N(CCc2ccccc2)C1. The van der Waals surface area contributed by atoms with Crippen LogP contribution in [0.3, 0.4) is 0 Å². The molecule has 2 aliphatic rings. The Kier molecular flexibility index (Phi) is 8.17. The van der Waals surface area contributed by atoms with Crippen LogP contribution in [0.15, 0.2) is 35.3 Å². The smallest absolute Gasteiger partial charge is 0.356 e. The summed E-state index contributed by atoms with van der Waals surface area (Å²) in [5, 5.41) is 6.49. The number of amides is 1. The van der Waals surface area contributed by atoms with Crippen LogP contribution in [-0.4, -0.2) is 80.7 Å². The minimum atomic E-state index is -4.15. The molecule has 0 aliphatic carbocycles. The lowest BCUT2D eigenvalue weighted by molar-refractivity contribution is -0.143. The van der Waals surface area contributed by atoms with E-state index in [4.69, 9.17) is 0 Å². The van der Waals surface area contributed by atoms with Crippen LogP contribution in [-0.2, 0) is 11.2 Å². The van der Waals surface area contributed by atoms with Gasteiger partial charge in [-0.1, -0.05) is 30.3 Å². The van der Waals surface area contributed by atoms with Crippen LogP contribution in [0.25, 0.3) is 0 Å². The molecule has 1 amide bonds. The maximum Gasteiger partial charge on any atom is 0.401 e. The second-order valence-electron chi connectivity index (χ2n) is 8.48. The van der Waals surface area contributed by atoms with Crippen LogP contribution in [0, 0.1) is 11.8 Å². The van der Waals surface area contributed by atoms with Gasteiger partial charge in [0.2, 0.25) is 5.91 Å². The Morgan fingerprint density at radius 1 is 1.13 bits per heavy atom. The third-order valence-corrected chi connectivity index (χ3v) is 5.92. The van der Waals surface area contributed by atoms with Gasteiger partial charge in [-0.25, -0.2) is 0 Å². The van der Waals surface area contributed by atoms with Gasteiger partial charge < -0.3 is 15.5 Å². The van der Waals surface area contributed by atoms with Gasteiger partial charge >= 0.3 is 6.18 Å². The van der Waals surface area contributed by atoms with E-state index in [0.717, 1.165) is 25.9 Å². The number of alkyl halides is 3. The molecule has 2 fully saturated rings. The highest BCUT2D eigenvalue weighted by atomic mass is 19.4. The minimum Gasteiger partial charge on any atom is -0.356 e. The van der Waals surface area contributed by atoms with E-state index in [0.29, 0.717) is 38.6 Å². The van der Waals surface area contributed by atoms with E-state index in [2.05, 4.69) is 27.8 Å². The van der Waals surface area contributed by atoms with Gasteiger partial charge in [0.15, 0.2) is 5.96 Å². The summed E-state index contributed by atoms with van der Waals surface area (Å²) in [6.07, 6.45) is -2.03. The van der Waals surface area contributed by atoms with Gasteiger partial charge in [-0.3, -0.25) is 14.7 Å². The number of likely N-dealkylation sites (tertiary alicyclic amines) is 2. The number of guanidine groups is 1. The van der Waals surface area contributed by atoms with Crippen molar-refractivity contribution in [2.75, 3.05) is 52.9 Å². The number of hydrogen-bond acceptors (Lipinski definition) is 3. The highest BCUT2D eigenvalue weighted by Crippen LogP contribution is 2.22. The molecule has 2 heterocycles. The number of nitrogens with zero attached hydrogens (tertiary/aromatic N) is 3. The van der Waals surface area contributed by atoms with E-state index < -0.39 is 12.7 Å². The Hall–Kier alpha value is -2.29. The molecule has 0 saturated carbocycles. The predicted octanol–water partition coefficient (Wildman–Crippen LogP) is 2.13. The van der Waals surface area contributed by atoms with Gasteiger partial charge in [0.1, 0.15) is 0 Å². The van der Waals surface area contributed by atoms with Gasteiger partial charge in [-0.2, -0.15) is 13.2 Å². The van der Waals surface area contributed by atoms with Crippen LogP contribution in [0.1, 0.15) is 18.4 Å². The average molecular weight is 440 g/mol. The zero-order valence-corrected chi connectivity index (χ0v) is 18.0. The third kappa shape index (κ3) is 7.72. The molecule has 2 unspecified atom stereocenters. The van der Waals surface area contributed by atoms with Crippen molar-refractivity contribution in [3.8, 4) is 0 Å². The topological polar surface area (TPSA) is 60.0 Å². The normalized spacial score (nSPS) is 22.9. The first-order valence-electron chi connectivity index (χ1n) is 10.9. The fraction of sp³-hybridized carbons (Fsp3) is 0.636. The molecule has 9 heteroatoms. The molecule has 172 valence electrons. The van der Waals surface area contributed by atoms with Crippen LogP contribution < -0.4 is 10.6 Å². The molecule has 0 spiro atoms. The van der Waals surface area contributed by atoms with E-state index >= 15 is 0 Å². The van der Waals surface area contributed by atoms with Gasteiger partial charge in [-0.05, 0) is 30.9 Å². The van der Waals surface area contributed by atoms with Crippen molar-refractivity contribution in [2.24, 2.45) is 16.8 Å². The summed E-state index contributed by atoms with van der Waals surface area (Å²) >= 11 is 0. The second kappa shape index (κ2) is 10.8. The molecule has 2 atom stereocenters. The monoisotopic (exact) mass is 439 g/mol. The molecule has 31 heavy (non-hydrogen) atoms. The summed E-state index contributed by atoms with van der Waals surface area (Å²) in [5.41, 5.74) is 1.22. The molecular weight excluding hydrogens is 407 g/mol. The highest BCUT2D eigenvalue weighted by Gasteiger charge is 2.34. The van der Waals surface area contributed by atoms with Crippen molar-refractivity contribution < 1.29 is 18.0 Å². The number of aliphatic imine (C=N–C) groups is 1. The molecular formula is C22H32F3N5O. The summed E-state index contributed by atoms with van der Waals surface area (Å²) in [4.78, 5) is 19.9. The number of rotatable bonds is 8. The standard InChI is InChI=1S/C22H32F3N5O/c1-26-21(27-12-18-7-9-29(14-18)16-22(23,24)25)28-13-19-11-20(31)30(15-19)10-8-17-5-3-2-4-6-17/h2-6,18-19H,7-16H2,1H3,(H2,26,27,28). The number of carbonyl (C=O) groups excluding carboxylic acids is 1. The van der Waals surface area contributed by atoms with Crippen molar-refractivity contribution in [1.29, 1.82) is 0 Å². The van der Waals surface area contributed by atoms with E-state index in [-0.39, 0.29) is 17.7 Å². The van der Waals surface area contributed by atoms with E-state index in [1.807, 2.05) is 23.1 Å². The average Bonchev–Trinajstić information content (AvgIpc) is 3.31. The summed E-state index contributed by atoms with van der Waals surface area (Å²) in [5.74, 6) is 1.20. The Morgan fingerprint density at radius 2 is 1.84 bits per heavy atom. The Bertz CT molecular complexity index is 740. The fourth-order valence-corrected chi connectivity index (χ4v) is 4.29. The summed E-state index contributed by atoms with van der Waals surface area (Å²) < 4.78 is 37.6. The number of hydrogen-bond donors (Lipinski definition) is 2. The molecule has 2 aliphatic heterocycles. The van der Waals surface area contributed by atoms with Crippen LogP contribution in [0.2, 0.25) is 0 Å².